The van der Waals surface area contributed by atoms with Crippen molar-refractivity contribution in [3.05, 3.63) is 81.5 Å². The molecule has 0 spiro atoms. The molecule has 3 aromatic rings. The largest absolute Gasteiger partial charge is 0.377 e. The molecule has 0 amide bonds. The molecular weight excluding hydrogens is 448 g/mol. The van der Waals surface area contributed by atoms with Crippen molar-refractivity contribution in [2.24, 2.45) is 5.41 Å². The number of ketones is 1. The molecule has 1 N–H and O–H groups in total. The fourth-order valence-electron chi connectivity index (χ4n) is 5.20. The van der Waals surface area contributed by atoms with Crippen LogP contribution in [0.3, 0.4) is 0 Å². The zero-order valence-corrected chi connectivity index (χ0v) is 20.0. The molecule has 1 aliphatic carbocycles. The molecule has 0 radical (unpaired) electrons. The number of halogens is 1. The monoisotopic (exact) mass is 474 g/mol. The molecule has 0 bridgehead atoms. The highest BCUT2D eigenvalue weighted by molar-refractivity contribution is 9.10. The number of fused-ring (bicyclic) bond motifs is 3. The molecule has 158 valence electrons. The topological polar surface area (TPSA) is 32.3 Å². The van der Waals surface area contributed by atoms with E-state index in [0.29, 0.717) is 6.42 Å². The van der Waals surface area contributed by atoms with Crippen molar-refractivity contribution in [1.29, 1.82) is 0 Å². The van der Waals surface area contributed by atoms with Crippen LogP contribution in [0.25, 0.3) is 10.8 Å². The van der Waals surface area contributed by atoms with Crippen LogP contribution >= 0.6 is 15.9 Å². The van der Waals surface area contributed by atoms with E-state index in [1.807, 2.05) is 14.1 Å². The van der Waals surface area contributed by atoms with Gasteiger partial charge in [0.05, 0.1) is 5.69 Å². The van der Waals surface area contributed by atoms with Crippen LogP contribution in [-0.4, -0.2) is 19.9 Å². The molecule has 1 atom stereocenters. The van der Waals surface area contributed by atoms with Gasteiger partial charge < -0.3 is 10.2 Å². The van der Waals surface area contributed by atoms with E-state index in [2.05, 4.69) is 94.6 Å². The Morgan fingerprint density at radius 2 is 1.81 bits per heavy atom. The minimum atomic E-state index is -0.0755. The van der Waals surface area contributed by atoms with Gasteiger partial charge in [-0.15, -0.1) is 0 Å². The second kappa shape index (κ2) is 7.23. The predicted octanol–water partition coefficient (Wildman–Crippen LogP) is 6.87. The van der Waals surface area contributed by atoms with Crippen LogP contribution in [-0.2, 0) is 4.79 Å². The molecule has 0 saturated carbocycles. The normalized spacial score (nSPS) is 19.6. The number of anilines is 2. The summed E-state index contributed by atoms with van der Waals surface area (Å²) < 4.78 is 1.04. The summed E-state index contributed by atoms with van der Waals surface area (Å²) >= 11 is 3.77. The van der Waals surface area contributed by atoms with Crippen LogP contribution < -0.4 is 10.2 Å². The number of carbonyl (C=O) groups excluding carboxylic acids is 1. The van der Waals surface area contributed by atoms with Gasteiger partial charge in [0.2, 0.25) is 0 Å². The van der Waals surface area contributed by atoms with E-state index in [0.717, 1.165) is 39.1 Å². The maximum atomic E-state index is 13.5. The minimum Gasteiger partial charge on any atom is -0.377 e. The summed E-state index contributed by atoms with van der Waals surface area (Å²) in [6, 6.07) is 19.3. The lowest BCUT2D eigenvalue weighted by Gasteiger charge is -2.40. The van der Waals surface area contributed by atoms with Gasteiger partial charge in [0.25, 0.3) is 0 Å². The second-order valence-electron chi connectivity index (χ2n) is 9.74. The van der Waals surface area contributed by atoms with Gasteiger partial charge in [0.1, 0.15) is 0 Å². The summed E-state index contributed by atoms with van der Waals surface area (Å²) in [6.45, 7) is 4.37. The first-order chi connectivity index (χ1) is 14.7. The molecule has 1 heterocycles. The average Bonchev–Trinajstić information content (AvgIpc) is 2.70. The molecule has 3 nitrogen and oxygen atoms in total. The lowest BCUT2D eigenvalue weighted by atomic mass is 9.68. The fourth-order valence-corrected chi connectivity index (χ4v) is 5.95. The lowest BCUT2D eigenvalue weighted by Crippen LogP contribution is -2.34. The molecule has 0 fully saturated rings. The Bertz CT molecular complexity index is 1260. The number of hydrogen-bond acceptors (Lipinski definition) is 3. The van der Waals surface area contributed by atoms with Gasteiger partial charge in [0.15, 0.2) is 5.78 Å². The van der Waals surface area contributed by atoms with Crippen LogP contribution in [0.1, 0.15) is 43.7 Å². The third kappa shape index (κ3) is 3.38. The molecule has 2 aliphatic rings. The van der Waals surface area contributed by atoms with Gasteiger partial charge in [-0.25, -0.2) is 0 Å². The number of carbonyl (C=O) groups is 1. The first kappa shape index (κ1) is 20.3. The van der Waals surface area contributed by atoms with Crippen LogP contribution in [0.4, 0.5) is 11.4 Å². The standard InChI is InChI=1S/C27H27BrN2O/c1-27(2)14-21-26(23(31)15-27)24(17-10-12-22(30(3)4)19(28)13-17)25-18-8-6-5-7-16(18)9-11-20(25)29-21/h5-13,24,29H,14-15H2,1-4H3/t24-/m1/s1. The Balaban J connectivity index is 1.79. The highest BCUT2D eigenvalue weighted by Crippen LogP contribution is 2.51. The first-order valence-electron chi connectivity index (χ1n) is 10.8. The van der Waals surface area contributed by atoms with Gasteiger partial charge in [-0.05, 0) is 67.9 Å². The SMILES string of the molecule is CN(C)c1ccc([C@H]2C3=C(CC(C)(C)CC3=O)Nc3ccc4ccccc4c32)cc1Br. The summed E-state index contributed by atoms with van der Waals surface area (Å²) in [6.07, 6.45) is 1.47. The molecule has 1 aliphatic heterocycles. The van der Waals surface area contributed by atoms with Crippen LogP contribution in [0.5, 0.6) is 0 Å². The number of nitrogens with one attached hydrogen (secondary N) is 1. The zero-order chi connectivity index (χ0) is 21.9. The molecule has 0 saturated heterocycles. The Kier molecular flexibility index (Phi) is 4.74. The van der Waals surface area contributed by atoms with Crippen LogP contribution in [0.15, 0.2) is 70.3 Å². The van der Waals surface area contributed by atoms with E-state index in [1.54, 1.807) is 0 Å². The maximum Gasteiger partial charge on any atom is 0.162 e. The van der Waals surface area contributed by atoms with Gasteiger partial charge in [-0.2, -0.15) is 0 Å². The number of rotatable bonds is 2. The number of allylic oxidation sites excluding steroid dienone is 2. The Morgan fingerprint density at radius 1 is 1.03 bits per heavy atom. The third-order valence-corrected chi connectivity index (χ3v) is 7.18. The smallest absolute Gasteiger partial charge is 0.162 e. The molecule has 4 heteroatoms. The molecule has 5 rings (SSSR count). The third-order valence-electron chi connectivity index (χ3n) is 6.54. The maximum absolute atomic E-state index is 13.5. The summed E-state index contributed by atoms with van der Waals surface area (Å²) in [7, 11) is 4.08. The van der Waals surface area contributed by atoms with Gasteiger partial charge in [-0.3, -0.25) is 4.79 Å². The summed E-state index contributed by atoms with van der Waals surface area (Å²) in [4.78, 5) is 15.6. The number of nitrogens with zero attached hydrogens (tertiary/aromatic N) is 1. The summed E-state index contributed by atoms with van der Waals surface area (Å²) in [5.41, 5.74) is 6.58. The molecular formula is C27H27BrN2O. The fraction of sp³-hybridized carbons (Fsp3) is 0.296. The van der Waals surface area contributed by atoms with Crippen molar-refractivity contribution in [2.75, 3.05) is 24.3 Å². The highest BCUT2D eigenvalue weighted by atomic mass is 79.9. The van der Waals surface area contributed by atoms with E-state index in [-0.39, 0.29) is 17.1 Å². The van der Waals surface area contributed by atoms with Gasteiger partial charge in [0, 0.05) is 47.9 Å². The lowest BCUT2D eigenvalue weighted by molar-refractivity contribution is -0.118. The Labute approximate surface area is 192 Å². The molecule has 0 aromatic heterocycles. The Morgan fingerprint density at radius 3 is 2.55 bits per heavy atom. The summed E-state index contributed by atoms with van der Waals surface area (Å²) in [5.74, 6) is 0.184. The van der Waals surface area contributed by atoms with Crippen molar-refractivity contribution in [1.82, 2.24) is 0 Å². The second-order valence-corrected chi connectivity index (χ2v) is 10.6. The van der Waals surface area contributed by atoms with E-state index >= 15 is 0 Å². The van der Waals surface area contributed by atoms with Crippen molar-refractivity contribution < 1.29 is 4.79 Å². The van der Waals surface area contributed by atoms with Crippen LogP contribution in [0, 0.1) is 5.41 Å². The minimum absolute atomic E-state index is 0.0306. The van der Waals surface area contributed by atoms with Crippen molar-refractivity contribution in [3.8, 4) is 0 Å². The van der Waals surface area contributed by atoms with Crippen LogP contribution in [0.2, 0.25) is 0 Å². The molecule has 3 aromatic carbocycles. The Hall–Kier alpha value is -2.59. The van der Waals surface area contributed by atoms with Gasteiger partial charge >= 0.3 is 0 Å². The van der Waals surface area contributed by atoms with Gasteiger partial charge in [-0.1, -0.05) is 50.2 Å². The summed E-state index contributed by atoms with van der Waals surface area (Å²) in [5, 5.41) is 6.06. The quantitative estimate of drug-likeness (QED) is 0.439. The van der Waals surface area contributed by atoms with Crippen molar-refractivity contribution in [2.45, 2.75) is 32.6 Å². The van der Waals surface area contributed by atoms with E-state index in [1.165, 1.54) is 16.3 Å². The van der Waals surface area contributed by atoms with Crippen molar-refractivity contribution >= 4 is 43.9 Å². The van der Waals surface area contributed by atoms with E-state index in [4.69, 9.17) is 0 Å². The number of hydrogen-bond donors (Lipinski definition) is 1. The van der Waals surface area contributed by atoms with E-state index < -0.39 is 0 Å². The molecule has 31 heavy (non-hydrogen) atoms. The first-order valence-corrected chi connectivity index (χ1v) is 11.6. The number of benzene rings is 3. The average molecular weight is 475 g/mol. The zero-order valence-electron chi connectivity index (χ0n) is 18.4. The van der Waals surface area contributed by atoms with E-state index in [9.17, 15) is 4.79 Å². The number of Topliss-reactive ketones (excluding diaryl/α,β-unsaturated/α-hetero) is 1. The molecule has 0 unspecified atom stereocenters. The highest BCUT2D eigenvalue weighted by Gasteiger charge is 2.41. The predicted molar refractivity (Wildman–Crippen MR) is 133 cm³/mol. The van der Waals surface area contributed by atoms with Crippen molar-refractivity contribution in [3.63, 3.8) is 0 Å².